The number of nitrogens with one attached hydrogen (secondary N) is 1. The van der Waals surface area contributed by atoms with Crippen LogP contribution in [-0.2, 0) is 0 Å². The monoisotopic (exact) mass is 178 g/mol. The second-order valence-electron chi connectivity index (χ2n) is 1.46. The molecule has 0 fully saturated rings. The number of hydrogen-bond donors (Lipinski definition) is 1. The zero-order valence-electron chi connectivity index (χ0n) is 5.56. The van der Waals surface area contributed by atoms with Gasteiger partial charge in [0.1, 0.15) is 0 Å². The summed E-state index contributed by atoms with van der Waals surface area (Å²) < 4.78 is 0. The molecule has 1 N–H and O–H groups in total. The van der Waals surface area contributed by atoms with Crippen LogP contribution in [0.1, 0.15) is 5.56 Å². The summed E-state index contributed by atoms with van der Waals surface area (Å²) in [5, 5.41) is 7.10. The number of halogens is 1. The Balaban J connectivity index is 0.000000810. The van der Waals surface area contributed by atoms with Crippen molar-refractivity contribution in [2.45, 2.75) is 0 Å². The summed E-state index contributed by atoms with van der Waals surface area (Å²) in [5.41, 5.74) is 0.648. The third-order valence-corrected chi connectivity index (χ3v) is 1.04. The first-order valence-corrected chi connectivity index (χ1v) is 2.75. The van der Waals surface area contributed by atoms with E-state index in [2.05, 4.69) is 11.1 Å². The second-order valence-corrected chi connectivity index (χ2v) is 1.82. The zero-order chi connectivity index (χ0) is 6.69. The zero-order valence-corrected chi connectivity index (χ0v) is 9.44. The number of hydrogen-bond acceptors (Lipinski definition) is 2. The van der Waals surface area contributed by atoms with Gasteiger partial charge in [0.15, 0.2) is 0 Å². The molecule has 10 heavy (non-hydrogen) atoms. The summed E-state index contributed by atoms with van der Waals surface area (Å²) in [6.45, 7) is 0. The average Bonchev–Trinajstić information content (AvgIpc) is 1.88. The van der Waals surface area contributed by atoms with Crippen LogP contribution in [0.4, 0.5) is 0 Å². The molecule has 0 aliphatic carbocycles. The van der Waals surface area contributed by atoms with Crippen LogP contribution in [0.15, 0.2) is 12.3 Å². The van der Waals surface area contributed by atoms with E-state index in [4.69, 9.17) is 17.0 Å². The topological polar surface area (TPSA) is 36.7 Å². The molecule has 0 amide bonds. The molecule has 0 radical (unpaired) electrons. The minimum absolute atomic E-state index is 0. The molecule has 0 aromatic carbocycles. The van der Waals surface area contributed by atoms with E-state index in [1.54, 1.807) is 12.3 Å². The largest absolute Gasteiger partial charge is 1.00 e. The molecular formula is C6H4ClKN2. The molecule has 1 rings (SSSR count). The number of pyridine rings is 1. The van der Waals surface area contributed by atoms with Crippen LogP contribution in [0.2, 0.25) is 5.15 Å². The second kappa shape index (κ2) is 5.40. The Hall–Kier alpha value is 0.746. The molecule has 1 aromatic heterocycles. The van der Waals surface area contributed by atoms with Gasteiger partial charge in [-0.1, -0.05) is 17.8 Å². The third-order valence-electron chi connectivity index (χ3n) is 0.845. The Morgan fingerprint density at radius 2 is 2.40 bits per heavy atom. The Morgan fingerprint density at radius 3 is 2.80 bits per heavy atom. The van der Waals surface area contributed by atoms with Crippen molar-refractivity contribution in [1.82, 2.24) is 4.98 Å². The van der Waals surface area contributed by atoms with E-state index >= 15 is 0 Å². The van der Waals surface area contributed by atoms with Crippen LogP contribution in [0.25, 0.3) is 0 Å². The van der Waals surface area contributed by atoms with Crippen molar-refractivity contribution in [3.63, 3.8) is 0 Å². The Morgan fingerprint density at radius 1 is 1.70 bits per heavy atom. The minimum atomic E-state index is 0. The van der Waals surface area contributed by atoms with E-state index in [9.17, 15) is 0 Å². The van der Waals surface area contributed by atoms with Gasteiger partial charge in [-0.15, -0.1) is 12.1 Å². The Kier molecular flexibility index (Phi) is 5.81. The van der Waals surface area contributed by atoms with Crippen LogP contribution in [-0.4, -0.2) is 11.2 Å². The van der Waals surface area contributed by atoms with E-state index < -0.39 is 0 Å². The first-order chi connectivity index (χ1) is 4.33. The van der Waals surface area contributed by atoms with Crippen LogP contribution in [0.3, 0.4) is 0 Å². The summed E-state index contributed by atoms with van der Waals surface area (Å²) in [7, 11) is 0. The Labute approximate surface area is 107 Å². The van der Waals surface area contributed by atoms with Crippen molar-refractivity contribution in [3.05, 3.63) is 29.0 Å². The van der Waals surface area contributed by atoms with Crippen LogP contribution >= 0.6 is 11.6 Å². The van der Waals surface area contributed by atoms with E-state index in [0.717, 1.165) is 0 Å². The van der Waals surface area contributed by atoms with E-state index in [1.807, 2.05) is 0 Å². The van der Waals surface area contributed by atoms with Crippen molar-refractivity contribution in [1.29, 1.82) is 5.41 Å². The van der Waals surface area contributed by atoms with Crippen molar-refractivity contribution < 1.29 is 51.4 Å². The van der Waals surface area contributed by atoms with Crippen molar-refractivity contribution in [2.75, 3.05) is 0 Å². The van der Waals surface area contributed by atoms with Gasteiger partial charge in [0, 0.05) is 0 Å². The summed E-state index contributed by atoms with van der Waals surface area (Å²) >= 11 is 5.45. The maximum Gasteiger partial charge on any atom is 1.00 e. The summed E-state index contributed by atoms with van der Waals surface area (Å²) in [6, 6.07) is 4.33. The average molecular weight is 179 g/mol. The van der Waals surface area contributed by atoms with E-state index in [1.165, 1.54) is 6.21 Å². The molecule has 1 aromatic rings. The molecule has 0 unspecified atom stereocenters. The molecule has 4 heteroatoms. The summed E-state index contributed by atoms with van der Waals surface area (Å²) in [5.74, 6) is 0. The quantitative estimate of drug-likeness (QED) is 0.243. The molecule has 0 saturated carbocycles. The molecule has 0 saturated heterocycles. The Bertz CT molecular complexity index is 227. The van der Waals surface area contributed by atoms with Gasteiger partial charge in [-0.25, -0.2) is 0 Å². The van der Waals surface area contributed by atoms with Crippen molar-refractivity contribution >= 4 is 17.8 Å². The van der Waals surface area contributed by atoms with Gasteiger partial charge in [-0.3, -0.25) is 4.98 Å². The number of rotatable bonds is 1. The van der Waals surface area contributed by atoms with E-state index in [0.29, 0.717) is 10.7 Å². The van der Waals surface area contributed by atoms with E-state index in [-0.39, 0.29) is 51.4 Å². The van der Waals surface area contributed by atoms with Gasteiger partial charge in [-0.2, -0.15) is 5.56 Å². The minimum Gasteiger partial charge on any atom is -0.372 e. The van der Waals surface area contributed by atoms with Crippen molar-refractivity contribution in [2.24, 2.45) is 0 Å². The van der Waals surface area contributed by atoms with Gasteiger partial charge < -0.3 is 5.41 Å². The van der Waals surface area contributed by atoms with Gasteiger partial charge in [0.2, 0.25) is 0 Å². The maximum atomic E-state index is 6.80. The fourth-order valence-corrected chi connectivity index (χ4v) is 0.626. The molecule has 0 aliphatic rings. The first kappa shape index (κ1) is 10.7. The van der Waals surface area contributed by atoms with Crippen LogP contribution < -0.4 is 51.4 Å². The summed E-state index contributed by atoms with van der Waals surface area (Å²) in [6.07, 6.45) is 2.72. The normalized spacial score (nSPS) is 8.10. The molecule has 46 valence electrons. The smallest absolute Gasteiger partial charge is 0.372 e. The van der Waals surface area contributed by atoms with Gasteiger partial charge in [0.25, 0.3) is 0 Å². The molecule has 0 atom stereocenters. The fourth-order valence-electron chi connectivity index (χ4n) is 0.460. The molecule has 1 heterocycles. The van der Waals surface area contributed by atoms with Gasteiger partial charge >= 0.3 is 51.4 Å². The predicted molar refractivity (Wildman–Crippen MR) is 36.0 cm³/mol. The number of aromatic nitrogens is 1. The predicted octanol–water partition coefficient (Wildman–Crippen LogP) is -1.46. The SMILES string of the molecule is N=Cc1[c-]c(Cl)ncc1.[K+]. The van der Waals surface area contributed by atoms with Crippen molar-refractivity contribution in [3.8, 4) is 0 Å². The first-order valence-electron chi connectivity index (χ1n) is 2.37. The van der Waals surface area contributed by atoms with Gasteiger partial charge in [-0.05, 0) is 6.20 Å². The molecule has 2 nitrogen and oxygen atoms in total. The fraction of sp³-hybridized carbons (Fsp3) is 0. The molecule has 0 bridgehead atoms. The van der Waals surface area contributed by atoms with Crippen LogP contribution in [0, 0.1) is 11.5 Å². The summed E-state index contributed by atoms with van der Waals surface area (Å²) in [4.78, 5) is 3.69. The molecule has 0 spiro atoms. The van der Waals surface area contributed by atoms with Gasteiger partial charge in [0.05, 0.1) is 5.15 Å². The molecule has 0 aliphatic heterocycles. The van der Waals surface area contributed by atoms with Crippen LogP contribution in [0.5, 0.6) is 0 Å². The third kappa shape index (κ3) is 3.23. The molecular weight excluding hydrogens is 175 g/mol. The standard InChI is InChI=1S/C6H4ClN2.K/c7-6-3-5(4-8)1-2-9-6;/h1-2,4,8H;/q-1;+1. The maximum absolute atomic E-state index is 6.80. The number of nitrogens with zero attached hydrogens (tertiary/aromatic N) is 1.